The molecule has 11 nitrogen and oxygen atoms in total. The maximum Gasteiger partial charge on any atom is 0.187 e. The van der Waals surface area contributed by atoms with Gasteiger partial charge in [-0.1, -0.05) is 182 Å². The van der Waals surface area contributed by atoms with Crippen LogP contribution in [0.15, 0.2) is 182 Å². The van der Waals surface area contributed by atoms with E-state index in [9.17, 15) is 5.11 Å². The Morgan fingerprint density at radius 1 is 0.364 bits per heavy atom. The predicted molar refractivity (Wildman–Crippen MR) is 247 cm³/mol. The summed E-state index contributed by atoms with van der Waals surface area (Å²) >= 11 is 0. The van der Waals surface area contributed by atoms with Crippen LogP contribution in [0.5, 0.6) is 0 Å². The lowest BCUT2D eigenvalue weighted by atomic mass is 9.96. The van der Waals surface area contributed by atoms with Gasteiger partial charge >= 0.3 is 0 Å². The van der Waals surface area contributed by atoms with Gasteiger partial charge in [-0.2, -0.15) is 0 Å². The van der Waals surface area contributed by atoms with Crippen molar-refractivity contribution < 1.29 is 52.5 Å². The van der Waals surface area contributed by atoms with Gasteiger partial charge in [0, 0.05) is 7.11 Å². The fourth-order valence-electron chi connectivity index (χ4n) is 8.21. The third-order valence-electron chi connectivity index (χ3n) is 11.7. The first-order chi connectivity index (χ1) is 32.6. The highest BCUT2D eigenvalue weighted by Crippen LogP contribution is 2.36. The highest BCUT2D eigenvalue weighted by atomic mass is 16.8. The number of aliphatic hydroxyl groups excluding tert-OH is 1. The molecule has 2 saturated heterocycles. The summed E-state index contributed by atoms with van der Waals surface area (Å²) in [6, 6.07) is 59.3. The molecule has 8 rings (SSSR count). The topological polar surface area (TPSA) is 113 Å². The molecule has 0 aromatic heterocycles. The molecule has 6 aromatic carbocycles. The Morgan fingerprint density at radius 2 is 0.682 bits per heavy atom. The highest BCUT2D eigenvalue weighted by molar-refractivity contribution is 5.18. The summed E-state index contributed by atoms with van der Waals surface area (Å²) in [6.07, 6.45) is -9.18. The van der Waals surface area contributed by atoms with Crippen LogP contribution in [-0.2, 0) is 87.0 Å². The standard InChI is InChI=1S/C55H60O11/c1-57-54-53(63-37-45-30-18-7-19-31-45)52(62-36-44-28-16-6-17-29-44)50(47(64-54)39-59-33-41-22-10-3-11-23-41)66-55-51(61-35-43-26-14-5-15-27-43)48(56)49(60-34-42-24-12-4-13-25-42)46(65-55)38-58-32-40-20-8-2-9-21-40/h2-31,46-56H,32-39H2,1H3/t46-,47-,48+,49+,50-,51-,52+,53-,54+,55+/m1/s1. The van der Waals surface area contributed by atoms with Crippen LogP contribution >= 0.6 is 0 Å². The molecule has 0 bridgehead atoms. The van der Waals surface area contributed by atoms with Gasteiger partial charge < -0.3 is 52.5 Å². The maximum atomic E-state index is 12.6. The van der Waals surface area contributed by atoms with E-state index in [4.69, 9.17) is 47.4 Å². The molecule has 2 aliphatic rings. The lowest BCUT2D eigenvalue weighted by molar-refractivity contribution is -0.373. The molecule has 2 aliphatic heterocycles. The minimum Gasteiger partial charge on any atom is -0.387 e. The first kappa shape index (κ1) is 47.4. The van der Waals surface area contributed by atoms with E-state index in [0.29, 0.717) is 13.2 Å². The van der Waals surface area contributed by atoms with Gasteiger partial charge in [0.2, 0.25) is 0 Å². The van der Waals surface area contributed by atoms with E-state index in [1.165, 1.54) is 0 Å². The molecule has 10 atom stereocenters. The van der Waals surface area contributed by atoms with Gasteiger partial charge in [0.05, 0.1) is 52.9 Å². The monoisotopic (exact) mass is 896 g/mol. The lowest BCUT2D eigenvalue weighted by Crippen LogP contribution is -2.66. The number of rotatable bonds is 23. The lowest BCUT2D eigenvalue weighted by Gasteiger charge is -2.49. The number of benzene rings is 6. The Hall–Kier alpha value is -5.12. The molecule has 346 valence electrons. The fraction of sp³-hybridized carbons (Fsp3) is 0.345. The van der Waals surface area contributed by atoms with Crippen LogP contribution in [0, 0.1) is 0 Å². The van der Waals surface area contributed by atoms with Crippen molar-refractivity contribution >= 4 is 0 Å². The van der Waals surface area contributed by atoms with Crippen LogP contribution in [0.1, 0.15) is 33.4 Å². The SMILES string of the molecule is CO[C@H]1O[C@H](COCc2ccccc2)[C@@H](O[C@@H]2O[C@H](COCc3ccccc3)[C@H](OCc3ccccc3)[C@H](O)[C@H]2OCc2ccccc2)[C@H](OCc2ccccc2)[C@H]1OCc1ccccc1. The molecule has 11 heteroatoms. The molecule has 2 fully saturated rings. The zero-order chi connectivity index (χ0) is 45.2. The smallest absolute Gasteiger partial charge is 0.187 e. The molecule has 0 unspecified atom stereocenters. The average molecular weight is 897 g/mol. The first-order valence-electron chi connectivity index (χ1n) is 22.6. The van der Waals surface area contributed by atoms with E-state index in [-0.39, 0.29) is 39.6 Å². The molecular formula is C55H60O11. The van der Waals surface area contributed by atoms with Gasteiger partial charge in [0.25, 0.3) is 0 Å². The van der Waals surface area contributed by atoms with Gasteiger partial charge in [0.1, 0.15) is 48.8 Å². The van der Waals surface area contributed by atoms with Crippen molar-refractivity contribution in [2.75, 3.05) is 20.3 Å². The Bertz CT molecular complexity index is 2220. The molecule has 1 N–H and O–H groups in total. The van der Waals surface area contributed by atoms with Crippen molar-refractivity contribution in [3.8, 4) is 0 Å². The summed E-state index contributed by atoms with van der Waals surface area (Å²) in [5.41, 5.74) is 5.78. The molecule has 66 heavy (non-hydrogen) atoms. The molecule has 0 amide bonds. The minimum atomic E-state index is -1.22. The van der Waals surface area contributed by atoms with E-state index in [2.05, 4.69) is 0 Å². The van der Waals surface area contributed by atoms with Crippen LogP contribution in [0.4, 0.5) is 0 Å². The predicted octanol–water partition coefficient (Wildman–Crippen LogP) is 8.60. The molecular weight excluding hydrogens is 837 g/mol. The zero-order valence-electron chi connectivity index (χ0n) is 37.3. The van der Waals surface area contributed by atoms with E-state index >= 15 is 0 Å². The first-order valence-corrected chi connectivity index (χ1v) is 22.6. The number of aliphatic hydroxyl groups is 1. The number of hydrogen-bond acceptors (Lipinski definition) is 11. The Labute approximate surface area is 388 Å². The van der Waals surface area contributed by atoms with Gasteiger partial charge in [-0.3, -0.25) is 0 Å². The molecule has 0 aliphatic carbocycles. The van der Waals surface area contributed by atoms with Crippen LogP contribution in [0.2, 0.25) is 0 Å². The summed E-state index contributed by atoms with van der Waals surface area (Å²) in [7, 11) is 1.59. The third-order valence-corrected chi connectivity index (χ3v) is 11.7. The van der Waals surface area contributed by atoms with E-state index in [0.717, 1.165) is 33.4 Å². The van der Waals surface area contributed by atoms with Crippen molar-refractivity contribution in [3.63, 3.8) is 0 Å². The van der Waals surface area contributed by atoms with Crippen LogP contribution in [0.25, 0.3) is 0 Å². The Balaban J connectivity index is 1.13. The van der Waals surface area contributed by atoms with Crippen molar-refractivity contribution in [2.24, 2.45) is 0 Å². The van der Waals surface area contributed by atoms with E-state index in [1.807, 2.05) is 182 Å². The fourth-order valence-corrected chi connectivity index (χ4v) is 8.21. The van der Waals surface area contributed by atoms with Gasteiger partial charge in [-0.05, 0) is 33.4 Å². The summed E-state index contributed by atoms with van der Waals surface area (Å²) in [5.74, 6) is 0. The number of hydrogen-bond donors (Lipinski definition) is 1. The van der Waals surface area contributed by atoms with Crippen molar-refractivity contribution in [1.82, 2.24) is 0 Å². The van der Waals surface area contributed by atoms with Crippen LogP contribution in [-0.4, -0.2) is 86.8 Å². The Kier molecular flexibility index (Phi) is 18.0. The third kappa shape index (κ3) is 13.5. The molecule has 0 saturated carbocycles. The summed E-state index contributed by atoms with van der Waals surface area (Å²) in [6.45, 7) is 1.73. The molecule has 2 heterocycles. The molecule has 0 spiro atoms. The largest absolute Gasteiger partial charge is 0.387 e. The minimum absolute atomic E-state index is 0.0873. The molecule has 0 radical (unpaired) electrons. The summed E-state index contributed by atoms with van der Waals surface area (Å²) < 4.78 is 66.6. The van der Waals surface area contributed by atoms with Crippen LogP contribution in [0.3, 0.4) is 0 Å². The highest BCUT2D eigenvalue weighted by Gasteiger charge is 2.54. The second-order valence-electron chi connectivity index (χ2n) is 16.5. The van der Waals surface area contributed by atoms with Crippen LogP contribution < -0.4 is 0 Å². The van der Waals surface area contributed by atoms with Gasteiger partial charge in [0.15, 0.2) is 12.6 Å². The summed E-state index contributed by atoms with van der Waals surface area (Å²) in [5, 5.41) is 12.6. The van der Waals surface area contributed by atoms with Crippen molar-refractivity contribution in [1.29, 1.82) is 0 Å². The zero-order valence-corrected chi connectivity index (χ0v) is 37.3. The van der Waals surface area contributed by atoms with Crippen molar-refractivity contribution in [2.45, 2.75) is 101 Å². The van der Waals surface area contributed by atoms with Gasteiger partial charge in [-0.25, -0.2) is 0 Å². The van der Waals surface area contributed by atoms with Crippen molar-refractivity contribution in [3.05, 3.63) is 215 Å². The quantitative estimate of drug-likeness (QED) is 0.0668. The van der Waals surface area contributed by atoms with E-state index < -0.39 is 61.4 Å². The number of methoxy groups -OCH3 is 1. The maximum absolute atomic E-state index is 12.6. The molecule has 6 aromatic rings. The average Bonchev–Trinajstić information content (AvgIpc) is 3.37. The number of ether oxygens (including phenoxy) is 10. The second-order valence-corrected chi connectivity index (χ2v) is 16.5. The summed E-state index contributed by atoms with van der Waals surface area (Å²) in [4.78, 5) is 0. The Morgan fingerprint density at radius 3 is 1.08 bits per heavy atom. The van der Waals surface area contributed by atoms with E-state index in [1.54, 1.807) is 7.11 Å². The second kappa shape index (κ2) is 25.1. The normalized spacial score (nSPS) is 25.4. The van der Waals surface area contributed by atoms with Gasteiger partial charge in [-0.15, -0.1) is 0 Å².